The zero-order valence-electron chi connectivity index (χ0n) is 15.4. The zero-order chi connectivity index (χ0) is 20.4. The van der Waals surface area contributed by atoms with Crippen LogP contribution in [0.2, 0.25) is 0 Å². The number of aromatic amines is 1. The number of aromatic nitrogens is 3. The smallest absolute Gasteiger partial charge is 0.376 e. The van der Waals surface area contributed by atoms with Gasteiger partial charge in [-0.2, -0.15) is 18.3 Å². The van der Waals surface area contributed by atoms with Crippen LogP contribution in [0.15, 0.2) is 35.3 Å². The number of aryl methyl sites for hydroxylation is 1. The molecule has 2 aliphatic carbocycles. The van der Waals surface area contributed by atoms with Crippen LogP contribution in [0.5, 0.6) is 0 Å². The maximum Gasteiger partial charge on any atom is 0.421 e. The molecule has 0 bridgehead atoms. The summed E-state index contributed by atoms with van der Waals surface area (Å²) in [6, 6.07) is 6.15. The maximum absolute atomic E-state index is 13.3. The highest BCUT2D eigenvalue weighted by atomic mass is 19.4. The Balaban J connectivity index is 1.52. The highest BCUT2D eigenvalue weighted by Gasteiger charge is 2.57. The van der Waals surface area contributed by atoms with Crippen molar-refractivity contribution >= 4 is 22.4 Å². The number of fused-ring (bicyclic) bond motifs is 2. The van der Waals surface area contributed by atoms with Gasteiger partial charge in [-0.25, -0.2) is 0 Å². The van der Waals surface area contributed by atoms with Crippen LogP contribution in [0.3, 0.4) is 0 Å². The molecule has 9 heteroatoms. The van der Waals surface area contributed by atoms with Gasteiger partial charge in [-0.1, -0.05) is 6.07 Å². The Morgan fingerprint density at radius 3 is 2.83 bits per heavy atom. The number of pyridine rings is 1. The lowest BCUT2D eigenvalue weighted by Crippen LogP contribution is -2.40. The van der Waals surface area contributed by atoms with Crippen molar-refractivity contribution in [1.29, 1.82) is 0 Å². The first kappa shape index (κ1) is 18.2. The number of rotatable bonds is 4. The number of hydrogen-bond acceptors (Lipinski definition) is 4. The third-order valence-corrected chi connectivity index (χ3v) is 5.84. The van der Waals surface area contributed by atoms with Crippen LogP contribution in [-0.4, -0.2) is 26.0 Å². The number of hydrogen-bond donors (Lipinski definition) is 3. The van der Waals surface area contributed by atoms with E-state index in [9.17, 15) is 23.1 Å². The standard InChI is InChI=1S/C20H19F3N4O2/c21-20(22,23)19(29)7-5-12-9-13(3-4-14(12)19)25-17-16-15(6-8-24-18(16)28)27(26-17)10-11-1-2-11/h3-4,6,8-9,11,29H,1-2,5,7,10H2,(H,24,28)(H,25,26). The van der Waals surface area contributed by atoms with Crippen LogP contribution >= 0.6 is 0 Å². The molecule has 1 fully saturated rings. The van der Waals surface area contributed by atoms with E-state index >= 15 is 0 Å². The Hall–Kier alpha value is -2.81. The Kier molecular flexibility index (Phi) is 3.83. The van der Waals surface area contributed by atoms with Crippen molar-refractivity contribution in [1.82, 2.24) is 14.8 Å². The molecular weight excluding hydrogens is 385 g/mol. The van der Waals surface area contributed by atoms with Crippen LogP contribution in [0.25, 0.3) is 10.9 Å². The fraction of sp³-hybridized carbons (Fsp3) is 0.400. The molecular formula is C20H19F3N4O2. The molecule has 3 aromatic rings. The van der Waals surface area contributed by atoms with Gasteiger partial charge in [-0.3, -0.25) is 9.48 Å². The first-order valence-electron chi connectivity index (χ1n) is 9.54. The first-order chi connectivity index (χ1) is 13.8. The molecule has 152 valence electrons. The summed E-state index contributed by atoms with van der Waals surface area (Å²) in [5, 5.41) is 18.2. The summed E-state index contributed by atoms with van der Waals surface area (Å²) in [6.07, 6.45) is -1.14. The summed E-state index contributed by atoms with van der Waals surface area (Å²) < 4.78 is 41.7. The van der Waals surface area contributed by atoms with E-state index in [-0.39, 0.29) is 17.5 Å². The minimum absolute atomic E-state index is 0.113. The molecule has 0 spiro atoms. The fourth-order valence-corrected chi connectivity index (χ4v) is 4.07. The van der Waals surface area contributed by atoms with E-state index in [0.717, 1.165) is 24.9 Å². The Morgan fingerprint density at radius 1 is 1.31 bits per heavy atom. The molecule has 29 heavy (non-hydrogen) atoms. The van der Waals surface area contributed by atoms with Gasteiger partial charge in [0.25, 0.3) is 5.56 Å². The molecule has 5 rings (SSSR count). The number of nitrogens with zero attached hydrogens (tertiary/aromatic N) is 2. The summed E-state index contributed by atoms with van der Waals surface area (Å²) in [5.74, 6) is 0.928. The summed E-state index contributed by atoms with van der Waals surface area (Å²) in [5.41, 5.74) is -1.52. The number of anilines is 2. The van der Waals surface area contributed by atoms with Gasteiger partial charge in [0, 0.05) is 18.4 Å². The number of benzene rings is 1. The second-order valence-electron chi connectivity index (χ2n) is 7.90. The molecule has 3 N–H and O–H groups in total. The van der Waals surface area contributed by atoms with Gasteiger partial charge in [-0.05, 0) is 60.9 Å². The van der Waals surface area contributed by atoms with E-state index in [0.29, 0.717) is 28.4 Å². The van der Waals surface area contributed by atoms with Gasteiger partial charge in [0.2, 0.25) is 0 Å². The minimum Gasteiger partial charge on any atom is -0.376 e. The van der Waals surface area contributed by atoms with Crippen LogP contribution in [0, 0.1) is 5.92 Å². The topological polar surface area (TPSA) is 82.9 Å². The van der Waals surface area contributed by atoms with Crippen molar-refractivity contribution < 1.29 is 18.3 Å². The summed E-state index contributed by atoms with van der Waals surface area (Å²) >= 11 is 0. The van der Waals surface area contributed by atoms with Gasteiger partial charge in [0.15, 0.2) is 11.4 Å². The lowest BCUT2D eigenvalue weighted by Gasteiger charge is -2.26. The van der Waals surface area contributed by atoms with E-state index in [1.54, 1.807) is 23.0 Å². The molecule has 1 aromatic carbocycles. The molecule has 2 heterocycles. The summed E-state index contributed by atoms with van der Waals surface area (Å²) in [4.78, 5) is 15.0. The predicted molar refractivity (Wildman–Crippen MR) is 101 cm³/mol. The van der Waals surface area contributed by atoms with E-state index in [4.69, 9.17) is 0 Å². The SMILES string of the molecule is O=c1[nH]ccc2c1c(Nc1ccc3c(c1)CCC3(O)C(F)(F)F)nn2CC1CC1. The molecule has 0 amide bonds. The van der Waals surface area contributed by atoms with E-state index < -0.39 is 18.2 Å². The molecule has 0 radical (unpaired) electrons. The molecule has 0 saturated heterocycles. The van der Waals surface area contributed by atoms with Crippen molar-refractivity contribution in [2.24, 2.45) is 5.92 Å². The lowest BCUT2D eigenvalue weighted by atomic mass is 9.95. The number of alkyl halides is 3. The van der Waals surface area contributed by atoms with Gasteiger partial charge >= 0.3 is 6.18 Å². The van der Waals surface area contributed by atoms with Gasteiger partial charge in [0.1, 0.15) is 5.39 Å². The van der Waals surface area contributed by atoms with Crippen molar-refractivity contribution in [2.75, 3.05) is 5.32 Å². The average molecular weight is 404 g/mol. The second kappa shape index (κ2) is 6.09. The summed E-state index contributed by atoms with van der Waals surface area (Å²) in [7, 11) is 0. The largest absolute Gasteiger partial charge is 0.421 e. The lowest BCUT2D eigenvalue weighted by molar-refractivity contribution is -0.265. The van der Waals surface area contributed by atoms with E-state index in [1.165, 1.54) is 12.1 Å². The molecule has 2 aromatic heterocycles. The second-order valence-corrected chi connectivity index (χ2v) is 7.90. The van der Waals surface area contributed by atoms with Crippen LogP contribution < -0.4 is 10.9 Å². The van der Waals surface area contributed by atoms with Crippen molar-refractivity contribution in [3.63, 3.8) is 0 Å². The number of nitrogens with one attached hydrogen (secondary N) is 2. The van der Waals surface area contributed by atoms with Crippen LogP contribution in [0.1, 0.15) is 30.4 Å². The molecule has 1 saturated carbocycles. The highest BCUT2D eigenvalue weighted by Crippen LogP contribution is 2.48. The fourth-order valence-electron chi connectivity index (χ4n) is 4.07. The third kappa shape index (κ3) is 2.91. The molecule has 6 nitrogen and oxygen atoms in total. The predicted octanol–water partition coefficient (Wildman–Crippen LogP) is 3.57. The highest BCUT2D eigenvalue weighted by molar-refractivity contribution is 5.91. The van der Waals surface area contributed by atoms with Crippen molar-refractivity contribution in [2.45, 2.75) is 44.0 Å². The van der Waals surface area contributed by atoms with E-state index in [2.05, 4.69) is 15.4 Å². The molecule has 1 unspecified atom stereocenters. The van der Waals surface area contributed by atoms with Crippen molar-refractivity contribution in [3.05, 3.63) is 51.9 Å². The van der Waals surface area contributed by atoms with Crippen LogP contribution in [-0.2, 0) is 18.6 Å². The summed E-state index contributed by atoms with van der Waals surface area (Å²) in [6.45, 7) is 0.727. The normalized spacial score (nSPS) is 21.5. The molecule has 1 atom stereocenters. The van der Waals surface area contributed by atoms with Gasteiger partial charge in [-0.15, -0.1) is 0 Å². The van der Waals surface area contributed by atoms with Crippen molar-refractivity contribution in [3.8, 4) is 0 Å². The monoisotopic (exact) mass is 404 g/mol. The number of halogens is 3. The Bertz CT molecular complexity index is 1160. The minimum atomic E-state index is -4.72. The van der Waals surface area contributed by atoms with Crippen LogP contribution in [0.4, 0.5) is 24.7 Å². The maximum atomic E-state index is 13.3. The zero-order valence-corrected chi connectivity index (χ0v) is 15.4. The third-order valence-electron chi connectivity index (χ3n) is 5.84. The number of H-pyrrole nitrogens is 1. The average Bonchev–Trinajstić information content (AvgIpc) is 3.32. The van der Waals surface area contributed by atoms with Gasteiger partial charge in [0.05, 0.1) is 5.52 Å². The number of aliphatic hydroxyl groups is 1. The van der Waals surface area contributed by atoms with Gasteiger partial charge < -0.3 is 15.4 Å². The molecule has 2 aliphatic rings. The molecule has 0 aliphatic heterocycles. The first-order valence-corrected chi connectivity index (χ1v) is 9.54. The Morgan fingerprint density at radius 2 is 2.10 bits per heavy atom. The Labute approximate surface area is 163 Å². The quantitative estimate of drug-likeness (QED) is 0.621. The van der Waals surface area contributed by atoms with E-state index in [1.807, 2.05) is 0 Å².